The molecule has 5 nitrogen and oxygen atoms in total. The molecule has 24 heavy (non-hydrogen) atoms. The highest BCUT2D eigenvalue weighted by molar-refractivity contribution is 9.10. The normalized spacial score (nSPS) is 12.1. The molecular weight excluding hydrogens is 379 g/mol. The van der Waals surface area contributed by atoms with Crippen LogP contribution in [0, 0.1) is 5.82 Å². The topological polar surface area (TPSA) is 61.2 Å². The number of fused-ring (bicyclic) bond motifs is 1. The third kappa shape index (κ3) is 2.94. The minimum Gasteiger partial charge on any atom is -0.467 e. The van der Waals surface area contributed by atoms with Crippen molar-refractivity contribution in [1.82, 2.24) is 9.55 Å². The number of hydrogen-bond donors (Lipinski definition) is 0. The van der Waals surface area contributed by atoms with Crippen molar-refractivity contribution in [3.05, 3.63) is 75.0 Å². The molecule has 0 fully saturated rings. The average molecular weight is 391 g/mol. The van der Waals surface area contributed by atoms with Crippen LogP contribution in [0.1, 0.15) is 11.6 Å². The number of nitrogens with zero attached hydrogens (tertiary/aromatic N) is 2. The van der Waals surface area contributed by atoms with Crippen LogP contribution in [-0.4, -0.2) is 22.6 Å². The standard InChI is InChI=1S/C17H12BrFN2O3/c1-24-17(23)15(10-3-2-4-12(19)7-10)21-9-20-14-6-5-11(18)8-13(14)16(21)22/h2-9,15H,1H3. The second-order valence-electron chi connectivity index (χ2n) is 5.10. The molecule has 3 aromatic rings. The summed E-state index contributed by atoms with van der Waals surface area (Å²) in [5.74, 6) is -1.19. The Bertz CT molecular complexity index is 987. The van der Waals surface area contributed by atoms with Crippen LogP contribution in [0.4, 0.5) is 4.39 Å². The van der Waals surface area contributed by atoms with Crippen molar-refractivity contribution in [1.29, 1.82) is 0 Å². The fraction of sp³-hybridized carbons (Fsp3) is 0.118. The number of benzene rings is 2. The van der Waals surface area contributed by atoms with Crippen molar-refractivity contribution in [3.8, 4) is 0 Å². The van der Waals surface area contributed by atoms with Gasteiger partial charge < -0.3 is 4.74 Å². The molecule has 0 amide bonds. The molecule has 0 radical (unpaired) electrons. The van der Waals surface area contributed by atoms with E-state index in [1.165, 1.54) is 31.6 Å². The number of methoxy groups -OCH3 is 1. The fourth-order valence-corrected chi connectivity index (χ4v) is 2.85. The lowest BCUT2D eigenvalue weighted by Gasteiger charge is -2.18. The monoisotopic (exact) mass is 390 g/mol. The number of ether oxygens (including phenoxy) is 1. The molecule has 0 aliphatic rings. The molecular formula is C17H12BrFN2O3. The van der Waals surface area contributed by atoms with Crippen molar-refractivity contribution >= 4 is 32.8 Å². The van der Waals surface area contributed by atoms with Crippen molar-refractivity contribution < 1.29 is 13.9 Å². The zero-order valence-corrected chi connectivity index (χ0v) is 14.2. The maximum atomic E-state index is 13.6. The Morgan fingerprint density at radius 3 is 2.79 bits per heavy atom. The van der Waals surface area contributed by atoms with E-state index in [1.54, 1.807) is 24.3 Å². The predicted octanol–water partition coefficient (Wildman–Crippen LogP) is 3.06. The van der Waals surface area contributed by atoms with Crippen LogP contribution in [0.15, 0.2) is 58.1 Å². The molecule has 3 rings (SSSR count). The van der Waals surface area contributed by atoms with Crippen LogP contribution in [-0.2, 0) is 9.53 Å². The molecule has 0 saturated carbocycles. The Hall–Kier alpha value is -2.54. The number of rotatable bonds is 3. The average Bonchev–Trinajstić information content (AvgIpc) is 2.57. The highest BCUT2D eigenvalue weighted by Crippen LogP contribution is 2.21. The molecule has 0 saturated heterocycles. The van der Waals surface area contributed by atoms with E-state index < -0.39 is 23.4 Å². The summed E-state index contributed by atoms with van der Waals surface area (Å²) in [4.78, 5) is 29.2. The van der Waals surface area contributed by atoms with Gasteiger partial charge in [0.1, 0.15) is 5.82 Å². The Balaban J connectivity index is 2.25. The van der Waals surface area contributed by atoms with Gasteiger partial charge in [-0.3, -0.25) is 9.36 Å². The zero-order chi connectivity index (χ0) is 17.3. The summed E-state index contributed by atoms with van der Waals surface area (Å²) in [5.41, 5.74) is 0.392. The van der Waals surface area contributed by atoms with E-state index in [0.717, 1.165) is 4.57 Å². The Morgan fingerprint density at radius 2 is 2.08 bits per heavy atom. The molecule has 122 valence electrons. The molecule has 0 aliphatic carbocycles. The molecule has 0 spiro atoms. The predicted molar refractivity (Wildman–Crippen MR) is 90.3 cm³/mol. The number of aromatic nitrogens is 2. The van der Waals surface area contributed by atoms with Gasteiger partial charge in [0.05, 0.1) is 24.3 Å². The Morgan fingerprint density at radius 1 is 1.29 bits per heavy atom. The number of esters is 1. The van der Waals surface area contributed by atoms with E-state index in [0.29, 0.717) is 20.9 Å². The van der Waals surface area contributed by atoms with Crippen LogP contribution in [0.2, 0.25) is 0 Å². The summed E-state index contributed by atoms with van der Waals surface area (Å²) in [6.45, 7) is 0. The smallest absolute Gasteiger partial charge is 0.333 e. The fourth-order valence-electron chi connectivity index (χ4n) is 2.49. The Labute approximate surface area is 144 Å². The molecule has 0 N–H and O–H groups in total. The van der Waals surface area contributed by atoms with Crippen LogP contribution >= 0.6 is 15.9 Å². The van der Waals surface area contributed by atoms with Crippen molar-refractivity contribution in [3.63, 3.8) is 0 Å². The highest BCUT2D eigenvalue weighted by atomic mass is 79.9. The summed E-state index contributed by atoms with van der Waals surface area (Å²) in [6, 6.07) is 9.45. The SMILES string of the molecule is COC(=O)C(c1cccc(F)c1)n1cnc2ccc(Br)cc2c1=O. The van der Waals surface area contributed by atoms with E-state index in [-0.39, 0.29) is 0 Å². The van der Waals surface area contributed by atoms with Crippen molar-refractivity contribution in [2.45, 2.75) is 6.04 Å². The van der Waals surface area contributed by atoms with Gasteiger partial charge in [-0.15, -0.1) is 0 Å². The third-order valence-electron chi connectivity index (χ3n) is 3.61. The largest absolute Gasteiger partial charge is 0.467 e. The van der Waals surface area contributed by atoms with Gasteiger partial charge in [0.25, 0.3) is 5.56 Å². The van der Waals surface area contributed by atoms with Crippen molar-refractivity contribution in [2.24, 2.45) is 0 Å². The second kappa shape index (κ2) is 6.52. The second-order valence-corrected chi connectivity index (χ2v) is 6.01. The minimum absolute atomic E-state index is 0.306. The highest BCUT2D eigenvalue weighted by Gasteiger charge is 2.25. The van der Waals surface area contributed by atoms with E-state index in [2.05, 4.69) is 20.9 Å². The summed E-state index contributed by atoms with van der Waals surface area (Å²) < 4.78 is 20.2. The van der Waals surface area contributed by atoms with Gasteiger partial charge in [-0.1, -0.05) is 28.1 Å². The first-order valence-electron chi connectivity index (χ1n) is 7.01. The van der Waals surface area contributed by atoms with Gasteiger partial charge in [0.2, 0.25) is 0 Å². The molecule has 1 aromatic heterocycles. The molecule has 1 unspecified atom stereocenters. The van der Waals surface area contributed by atoms with Gasteiger partial charge >= 0.3 is 5.97 Å². The summed E-state index contributed by atoms with van der Waals surface area (Å²) in [7, 11) is 1.21. The maximum Gasteiger partial charge on any atom is 0.333 e. The van der Waals surface area contributed by atoms with Crippen LogP contribution in [0.5, 0.6) is 0 Å². The zero-order valence-electron chi connectivity index (χ0n) is 12.6. The lowest BCUT2D eigenvalue weighted by atomic mass is 10.1. The molecule has 1 heterocycles. The van der Waals surface area contributed by atoms with Gasteiger partial charge in [0.15, 0.2) is 6.04 Å². The van der Waals surface area contributed by atoms with Gasteiger partial charge in [-0.05, 0) is 35.9 Å². The summed E-state index contributed by atoms with van der Waals surface area (Å²) in [5, 5.41) is 0.345. The third-order valence-corrected chi connectivity index (χ3v) is 4.11. The number of carbonyl (C=O) groups is 1. The number of halogens is 2. The molecule has 1 atom stereocenters. The number of hydrogen-bond acceptors (Lipinski definition) is 4. The molecule has 7 heteroatoms. The van der Waals surface area contributed by atoms with Crippen LogP contribution in [0.25, 0.3) is 10.9 Å². The summed E-state index contributed by atoms with van der Waals surface area (Å²) in [6.07, 6.45) is 1.27. The quantitative estimate of drug-likeness (QED) is 0.644. The first kappa shape index (κ1) is 16.3. The van der Waals surface area contributed by atoms with Gasteiger partial charge in [-0.25, -0.2) is 14.2 Å². The van der Waals surface area contributed by atoms with E-state index >= 15 is 0 Å². The maximum absolute atomic E-state index is 13.6. The van der Waals surface area contributed by atoms with E-state index in [9.17, 15) is 14.0 Å². The van der Waals surface area contributed by atoms with E-state index in [1.807, 2.05) is 0 Å². The Kier molecular flexibility index (Phi) is 4.44. The lowest BCUT2D eigenvalue weighted by Crippen LogP contribution is -2.31. The van der Waals surface area contributed by atoms with E-state index in [4.69, 9.17) is 4.74 Å². The van der Waals surface area contributed by atoms with Crippen LogP contribution < -0.4 is 5.56 Å². The molecule has 0 aliphatic heterocycles. The first-order valence-corrected chi connectivity index (χ1v) is 7.80. The minimum atomic E-state index is -1.12. The first-order chi connectivity index (χ1) is 11.5. The number of carbonyl (C=O) groups excluding carboxylic acids is 1. The van der Waals surface area contributed by atoms with Crippen molar-refractivity contribution in [2.75, 3.05) is 7.11 Å². The molecule has 2 aromatic carbocycles. The lowest BCUT2D eigenvalue weighted by molar-refractivity contribution is -0.143. The van der Waals surface area contributed by atoms with Crippen LogP contribution in [0.3, 0.4) is 0 Å². The molecule has 0 bridgehead atoms. The van der Waals surface area contributed by atoms with Gasteiger partial charge in [0, 0.05) is 4.47 Å². The summed E-state index contributed by atoms with van der Waals surface area (Å²) >= 11 is 3.31. The van der Waals surface area contributed by atoms with Gasteiger partial charge in [-0.2, -0.15) is 0 Å².